The lowest BCUT2D eigenvalue weighted by Gasteiger charge is -2.41. The van der Waals surface area contributed by atoms with Gasteiger partial charge in [0.1, 0.15) is 5.60 Å². The Morgan fingerprint density at radius 2 is 1.92 bits per heavy atom. The molecule has 6 nitrogen and oxygen atoms in total. The number of rotatable bonds is 4. The van der Waals surface area contributed by atoms with Gasteiger partial charge in [0.2, 0.25) is 5.88 Å². The summed E-state index contributed by atoms with van der Waals surface area (Å²) in [4.78, 5) is 18.2. The number of carbonyl (C=O) groups is 1. The molecule has 1 aliphatic heterocycles. The van der Waals surface area contributed by atoms with E-state index in [1.807, 2.05) is 39.1 Å². The molecule has 24 heavy (non-hydrogen) atoms. The van der Waals surface area contributed by atoms with Crippen LogP contribution in [-0.2, 0) is 15.9 Å². The van der Waals surface area contributed by atoms with Crippen LogP contribution in [0.5, 0.6) is 5.88 Å². The molecule has 1 aliphatic rings. The first-order chi connectivity index (χ1) is 11.3. The van der Waals surface area contributed by atoms with E-state index in [0.717, 1.165) is 24.8 Å². The third-order valence-corrected chi connectivity index (χ3v) is 4.29. The molecule has 134 valence electrons. The molecule has 0 atom stereocenters. The first-order valence-electron chi connectivity index (χ1n) is 8.29. The maximum atomic E-state index is 12.2. The highest BCUT2D eigenvalue weighted by Gasteiger charge is 2.37. The Morgan fingerprint density at radius 3 is 2.38 bits per heavy atom. The van der Waals surface area contributed by atoms with E-state index in [1.54, 1.807) is 19.1 Å². The molecule has 2 rings (SSSR count). The zero-order valence-electron chi connectivity index (χ0n) is 15.3. The lowest BCUT2D eigenvalue weighted by atomic mass is 9.85. The van der Waals surface area contributed by atoms with Crippen molar-refractivity contribution in [1.82, 2.24) is 9.88 Å². The van der Waals surface area contributed by atoms with Gasteiger partial charge in [-0.25, -0.2) is 9.78 Å². The van der Waals surface area contributed by atoms with Crippen LogP contribution in [0, 0.1) is 0 Å². The fourth-order valence-corrected chi connectivity index (χ4v) is 2.88. The maximum absolute atomic E-state index is 12.2. The number of hydrogen-bond donors (Lipinski definition) is 0. The molecule has 0 aliphatic carbocycles. The first-order valence-corrected chi connectivity index (χ1v) is 8.29. The molecule has 0 N–H and O–H groups in total. The highest BCUT2D eigenvalue weighted by atomic mass is 16.6. The van der Waals surface area contributed by atoms with E-state index in [0.29, 0.717) is 19.0 Å². The summed E-state index contributed by atoms with van der Waals surface area (Å²) < 4.78 is 16.4. The van der Waals surface area contributed by atoms with Gasteiger partial charge in [-0.2, -0.15) is 0 Å². The smallest absolute Gasteiger partial charge is 0.410 e. The van der Waals surface area contributed by atoms with Crippen molar-refractivity contribution >= 4 is 6.09 Å². The van der Waals surface area contributed by atoms with Gasteiger partial charge in [0.25, 0.3) is 0 Å². The number of likely N-dealkylation sites (tertiary alicyclic amines) is 1. The largest absolute Gasteiger partial charge is 0.481 e. The summed E-state index contributed by atoms with van der Waals surface area (Å²) in [6.45, 7) is 6.90. The molecule has 0 spiro atoms. The minimum Gasteiger partial charge on any atom is -0.481 e. The number of pyridine rings is 1. The van der Waals surface area contributed by atoms with Crippen LogP contribution in [0.25, 0.3) is 0 Å². The highest BCUT2D eigenvalue weighted by Crippen LogP contribution is 2.30. The van der Waals surface area contributed by atoms with E-state index in [9.17, 15) is 4.79 Å². The van der Waals surface area contributed by atoms with E-state index in [1.165, 1.54) is 0 Å². The van der Waals surface area contributed by atoms with Crippen LogP contribution >= 0.6 is 0 Å². The van der Waals surface area contributed by atoms with Gasteiger partial charge in [0, 0.05) is 38.9 Å². The Labute approximate surface area is 144 Å². The van der Waals surface area contributed by atoms with Crippen LogP contribution < -0.4 is 4.74 Å². The number of aromatic nitrogens is 1. The quantitative estimate of drug-likeness (QED) is 0.846. The molecule has 1 amide bonds. The van der Waals surface area contributed by atoms with Crippen molar-refractivity contribution in [3.63, 3.8) is 0 Å². The van der Waals surface area contributed by atoms with Crippen molar-refractivity contribution in [2.45, 2.75) is 51.2 Å². The molecule has 0 aromatic carbocycles. The highest BCUT2D eigenvalue weighted by molar-refractivity contribution is 5.68. The molecule has 0 radical (unpaired) electrons. The zero-order valence-corrected chi connectivity index (χ0v) is 15.3. The van der Waals surface area contributed by atoms with Gasteiger partial charge in [-0.15, -0.1) is 0 Å². The third-order valence-electron chi connectivity index (χ3n) is 4.29. The van der Waals surface area contributed by atoms with E-state index in [2.05, 4.69) is 4.98 Å². The fraction of sp³-hybridized carbons (Fsp3) is 0.667. The minimum atomic E-state index is -0.471. The van der Waals surface area contributed by atoms with Crippen molar-refractivity contribution in [2.24, 2.45) is 0 Å². The van der Waals surface area contributed by atoms with Crippen molar-refractivity contribution < 1.29 is 19.0 Å². The zero-order chi connectivity index (χ0) is 17.8. The monoisotopic (exact) mass is 336 g/mol. The molecule has 1 saturated heterocycles. The van der Waals surface area contributed by atoms with Crippen LogP contribution in [0.15, 0.2) is 18.3 Å². The summed E-state index contributed by atoms with van der Waals surface area (Å²) in [5.74, 6) is 0.602. The summed E-state index contributed by atoms with van der Waals surface area (Å²) in [6, 6.07) is 3.86. The molecule has 1 aromatic heterocycles. The number of nitrogens with zero attached hydrogens (tertiary/aromatic N) is 2. The molecular formula is C18H28N2O4. The Balaban J connectivity index is 1.96. The second-order valence-electron chi connectivity index (χ2n) is 7.24. The van der Waals surface area contributed by atoms with Gasteiger partial charge in [0.15, 0.2) is 0 Å². The lowest BCUT2D eigenvalue weighted by Crippen LogP contribution is -2.49. The minimum absolute atomic E-state index is 0.252. The van der Waals surface area contributed by atoms with Crippen molar-refractivity contribution in [2.75, 3.05) is 27.3 Å². The standard InChI is InChI=1S/C18H28N2O4/c1-17(2,3)24-16(21)20-10-8-18(23-5,9-11-20)12-14-6-7-15(22-4)19-13-14/h6-7,13H,8-12H2,1-5H3. The van der Waals surface area contributed by atoms with Crippen LogP contribution in [0.2, 0.25) is 0 Å². The van der Waals surface area contributed by atoms with Gasteiger partial charge in [-0.3, -0.25) is 0 Å². The predicted octanol–water partition coefficient (Wildman–Crippen LogP) is 3.05. The summed E-state index contributed by atoms with van der Waals surface area (Å²) in [5, 5.41) is 0. The summed E-state index contributed by atoms with van der Waals surface area (Å²) in [5.41, 5.74) is 0.361. The van der Waals surface area contributed by atoms with Crippen LogP contribution in [0.4, 0.5) is 4.79 Å². The molecule has 0 unspecified atom stereocenters. The molecule has 1 aromatic rings. The first kappa shape index (κ1) is 18.5. The average Bonchev–Trinajstić information content (AvgIpc) is 2.54. The van der Waals surface area contributed by atoms with E-state index >= 15 is 0 Å². The van der Waals surface area contributed by atoms with Crippen LogP contribution in [0.3, 0.4) is 0 Å². The molecule has 0 bridgehead atoms. The number of piperidine rings is 1. The maximum Gasteiger partial charge on any atom is 0.410 e. The lowest BCUT2D eigenvalue weighted by molar-refractivity contribution is -0.0597. The van der Waals surface area contributed by atoms with Crippen molar-refractivity contribution in [3.8, 4) is 5.88 Å². The summed E-state index contributed by atoms with van der Waals surface area (Å²) >= 11 is 0. The van der Waals surface area contributed by atoms with E-state index in [4.69, 9.17) is 14.2 Å². The predicted molar refractivity (Wildman–Crippen MR) is 91.3 cm³/mol. The Bertz CT molecular complexity index is 543. The Hall–Kier alpha value is -1.82. The number of methoxy groups -OCH3 is 2. The van der Waals surface area contributed by atoms with Crippen molar-refractivity contribution in [3.05, 3.63) is 23.9 Å². The topological polar surface area (TPSA) is 60.9 Å². The molecule has 6 heteroatoms. The number of carbonyl (C=O) groups excluding carboxylic acids is 1. The second kappa shape index (κ2) is 7.38. The Kier molecular flexibility index (Phi) is 5.70. The average molecular weight is 336 g/mol. The molecule has 0 saturated carbocycles. The fourth-order valence-electron chi connectivity index (χ4n) is 2.88. The van der Waals surface area contributed by atoms with Gasteiger partial charge in [-0.1, -0.05) is 6.07 Å². The molecule has 1 fully saturated rings. The third kappa shape index (κ3) is 4.84. The van der Waals surface area contributed by atoms with Crippen LogP contribution in [-0.4, -0.2) is 54.5 Å². The van der Waals surface area contributed by atoms with Crippen molar-refractivity contribution in [1.29, 1.82) is 0 Å². The molecular weight excluding hydrogens is 308 g/mol. The Morgan fingerprint density at radius 1 is 1.25 bits per heavy atom. The van der Waals surface area contributed by atoms with Crippen LogP contribution in [0.1, 0.15) is 39.2 Å². The number of ether oxygens (including phenoxy) is 3. The van der Waals surface area contributed by atoms with Gasteiger partial charge in [-0.05, 0) is 39.2 Å². The van der Waals surface area contributed by atoms with Gasteiger partial charge >= 0.3 is 6.09 Å². The summed E-state index contributed by atoms with van der Waals surface area (Å²) in [6.07, 6.45) is 3.88. The number of hydrogen-bond acceptors (Lipinski definition) is 5. The SMILES string of the molecule is COc1ccc(CC2(OC)CCN(C(=O)OC(C)(C)C)CC2)cn1. The van der Waals surface area contributed by atoms with Gasteiger partial charge < -0.3 is 19.1 Å². The second-order valence-corrected chi connectivity index (χ2v) is 7.24. The van der Waals surface area contributed by atoms with E-state index < -0.39 is 5.60 Å². The molecule has 2 heterocycles. The van der Waals surface area contributed by atoms with Gasteiger partial charge in [0.05, 0.1) is 12.7 Å². The summed E-state index contributed by atoms with van der Waals surface area (Å²) in [7, 11) is 3.34. The normalized spacial score (nSPS) is 17.5. The number of amides is 1. The van der Waals surface area contributed by atoms with E-state index in [-0.39, 0.29) is 11.7 Å².